The summed E-state index contributed by atoms with van der Waals surface area (Å²) >= 11 is 0. The van der Waals surface area contributed by atoms with Crippen LogP contribution in [0.2, 0.25) is 0 Å². The Labute approximate surface area is 147 Å². The predicted molar refractivity (Wildman–Crippen MR) is 101 cm³/mol. The molecule has 2 aliphatic rings. The van der Waals surface area contributed by atoms with Crippen LogP contribution in [0.4, 0.5) is 0 Å². The van der Waals surface area contributed by atoms with Gasteiger partial charge < -0.3 is 15.3 Å². The molecule has 0 amide bonds. The molecular formula is C21H34N2O. The molecule has 2 N–H and O–H groups in total. The van der Waals surface area contributed by atoms with Crippen molar-refractivity contribution in [3.63, 3.8) is 0 Å². The van der Waals surface area contributed by atoms with E-state index in [9.17, 15) is 5.11 Å². The molecule has 1 saturated heterocycles. The van der Waals surface area contributed by atoms with E-state index in [1.807, 2.05) is 12.1 Å². The normalized spacial score (nSPS) is 29.7. The SMILES string of the molecule is C[C@H]1CN(CCNC2CCCCC2)CC[C@]1(C)c1cccc(O)c1. The Kier molecular flexibility index (Phi) is 5.83. The molecule has 3 heteroatoms. The highest BCUT2D eigenvalue weighted by Gasteiger charge is 2.37. The van der Waals surface area contributed by atoms with E-state index in [1.54, 1.807) is 6.07 Å². The number of hydrogen-bond acceptors (Lipinski definition) is 3. The molecule has 1 aliphatic heterocycles. The summed E-state index contributed by atoms with van der Waals surface area (Å²) in [5.74, 6) is 0.989. The number of phenols is 1. The van der Waals surface area contributed by atoms with E-state index in [-0.39, 0.29) is 5.41 Å². The minimum Gasteiger partial charge on any atom is -0.508 e. The summed E-state index contributed by atoms with van der Waals surface area (Å²) in [6.07, 6.45) is 8.13. The Hall–Kier alpha value is -1.06. The first-order valence-electron chi connectivity index (χ1n) is 9.83. The predicted octanol–water partition coefficient (Wildman–Crippen LogP) is 3.91. The van der Waals surface area contributed by atoms with E-state index in [1.165, 1.54) is 44.1 Å². The van der Waals surface area contributed by atoms with Gasteiger partial charge >= 0.3 is 0 Å². The fourth-order valence-corrected chi connectivity index (χ4v) is 4.54. The van der Waals surface area contributed by atoms with Crippen molar-refractivity contribution in [3.8, 4) is 5.75 Å². The molecule has 3 rings (SSSR count). The largest absolute Gasteiger partial charge is 0.508 e. The van der Waals surface area contributed by atoms with Crippen molar-refractivity contribution >= 4 is 0 Å². The van der Waals surface area contributed by atoms with Crippen molar-refractivity contribution in [2.45, 2.75) is 63.8 Å². The lowest BCUT2D eigenvalue weighted by molar-refractivity contribution is 0.110. The highest BCUT2D eigenvalue weighted by Crippen LogP contribution is 2.40. The van der Waals surface area contributed by atoms with E-state index in [0.717, 1.165) is 32.2 Å². The van der Waals surface area contributed by atoms with Gasteiger partial charge in [0, 0.05) is 25.7 Å². The van der Waals surface area contributed by atoms with E-state index < -0.39 is 0 Å². The molecule has 0 bridgehead atoms. The second-order valence-corrected chi connectivity index (χ2v) is 8.21. The minimum absolute atomic E-state index is 0.173. The van der Waals surface area contributed by atoms with Crippen molar-refractivity contribution < 1.29 is 5.11 Å². The van der Waals surface area contributed by atoms with Crippen LogP contribution in [0.1, 0.15) is 57.9 Å². The minimum atomic E-state index is 0.173. The first-order valence-corrected chi connectivity index (χ1v) is 9.83. The quantitative estimate of drug-likeness (QED) is 0.859. The van der Waals surface area contributed by atoms with Crippen molar-refractivity contribution in [1.82, 2.24) is 10.2 Å². The Morgan fingerprint density at radius 3 is 2.75 bits per heavy atom. The third-order valence-electron chi connectivity index (χ3n) is 6.54. The van der Waals surface area contributed by atoms with Gasteiger partial charge in [0.15, 0.2) is 0 Å². The molecule has 0 aromatic heterocycles. The first-order chi connectivity index (χ1) is 11.6. The lowest BCUT2D eigenvalue weighted by Gasteiger charge is -2.45. The van der Waals surface area contributed by atoms with Gasteiger partial charge in [0.05, 0.1) is 0 Å². The van der Waals surface area contributed by atoms with Crippen LogP contribution >= 0.6 is 0 Å². The molecule has 1 heterocycles. The molecule has 1 saturated carbocycles. The molecule has 3 nitrogen and oxygen atoms in total. The van der Waals surface area contributed by atoms with E-state index in [2.05, 4.69) is 30.1 Å². The van der Waals surface area contributed by atoms with Crippen molar-refractivity contribution in [3.05, 3.63) is 29.8 Å². The number of rotatable bonds is 5. The van der Waals surface area contributed by atoms with Crippen LogP contribution in [0.5, 0.6) is 5.75 Å². The topological polar surface area (TPSA) is 35.5 Å². The number of likely N-dealkylation sites (tertiary alicyclic amines) is 1. The third kappa shape index (κ3) is 4.12. The zero-order valence-corrected chi connectivity index (χ0v) is 15.4. The maximum absolute atomic E-state index is 9.82. The smallest absolute Gasteiger partial charge is 0.115 e. The second-order valence-electron chi connectivity index (χ2n) is 8.21. The highest BCUT2D eigenvalue weighted by atomic mass is 16.3. The summed E-state index contributed by atoms with van der Waals surface area (Å²) in [5.41, 5.74) is 1.46. The summed E-state index contributed by atoms with van der Waals surface area (Å²) in [4.78, 5) is 2.62. The Balaban J connectivity index is 1.49. The number of aromatic hydroxyl groups is 1. The van der Waals surface area contributed by atoms with Gasteiger partial charge in [0.2, 0.25) is 0 Å². The van der Waals surface area contributed by atoms with Crippen molar-refractivity contribution in [2.24, 2.45) is 5.92 Å². The molecule has 134 valence electrons. The van der Waals surface area contributed by atoms with Crippen molar-refractivity contribution in [2.75, 3.05) is 26.2 Å². The Morgan fingerprint density at radius 2 is 2.04 bits per heavy atom. The van der Waals surface area contributed by atoms with Gasteiger partial charge in [-0.1, -0.05) is 45.2 Å². The van der Waals surface area contributed by atoms with Crippen LogP contribution in [0.25, 0.3) is 0 Å². The average Bonchev–Trinajstić information content (AvgIpc) is 2.59. The summed E-state index contributed by atoms with van der Waals surface area (Å²) in [6.45, 7) is 9.33. The molecular weight excluding hydrogens is 296 g/mol. The van der Waals surface area contributed by atoms with Crippen LogP contribution in [0.3, 0.4) is 0 Å². The molecule has 24 heavy (non-hydrogen) atoms. The molecule has 0 radical (unpaired) electrons. The fourth-order valence-electron chi connectivity index (χ4n) is 4.54. The summed E-state index contributed by atoms with van der Waals surface area (Å²) < 4.78 is 0. The van der Waals surface area contributed by atoms with Crippen LogP contribution in [0.15, 0.2) is 24.3 Å². The van der Waals surface area contributed by atoms with Crippen LogP contribution in [-0.4, -0.2) is 42.2 Å². The zero-order chi connectivity index (χ0) is 17.0. The van der Waals surface area contributed by atoms with Gasteiger partial charge in [-0.3, -0.25) is 0 Å². The number of phenolic OH excluding ortho intramolecular Hbond substituents is 1. The lowest BCUT2D eigenvalue weighted by atomic mass is 9.68. The number of hydrogen-bond donors (Lipinski definition) is 2. The Morgan fingerprint density at radius 1 is 1.25 bits per heavy atom. The van der Waals surface area contributed by atoms with Crippen LogP contribution in [0, 0.1) is 5.92 Å². The Bertz CT molecular complexity index is 526. The molecule has 1 aromatic carbocycles. The summed E-state index contributed by atoms with van der Waals surface area (Å²) in [6, 6.07) is 8.64. The van der Waals surface area contributed by atoms with Crippen LogP contribution in [-0.2, 0) is 5.41 Å². The number of nitrogens with zero attached hydrogens (tertiary/aromatic N) is 1. The zero-order valence-electron chi connectivity index (χ0n) is 15.4. The molecule has 2 atom stereocenters. The molecule has 1 aromatic rings. The summed E-state index contributed by atoms with van der Waals surface area (Å²) in [5, 5.41) is 13.6. The van der Waals surface area contributed by atoms with Gasteiger partial charge in [-0.05, 0) is 54.8 Å². The summed E-state index contributed by atoms with van der Waals surface area (Å²) in [7, 11) is 0. The maximum atomic E-state index is 9.82. The number of piperidine rings is 1. The number of nitrogens with one attached hydrogen (secondary N) is 1. The standard InChI is InChI=1S/C21H34N2O/c1-17-16-23(14-12-22-19-8-4-3-5-9-19)13-11-21(17,2)18-7-6-10-20(24)15-18/h6-7,10,15,17,19,22,24H,3-5,8-9,11-14,16H2,1-2H3/t17-,21-/m0/s1. The van der Waals surface area contributed by atoms with Gasteiger partial charge in [0.1, 0.15) is 5.75 Å². The second kappa shape index (κ2) is 7.88. The molecule has 2 fully saturated rings. The average molecular weight is 331 g/mol. The first kappa shape index (κ1) is 17.8. The lowest BCUT2D eigenvalue weighted by Crippen LogP contribution is -2.49. The van der Waals surface area contributed by atoms with Gasteiger partial charge in [0.25, 0.3) is 0 Å². The fraction of sp³-hybridized carbons (Fsp3) is 0.714. The highest BCUT2D eigenvalue weighted by molar-refractivity contribution is 5.33. The number of benzene rings is 1. The van der Waals surface area contributed by atoms with Crippen LogP contribution < -0.4 is 5.32 Å². The molecule has 0 unspecified atom stereocenters. The van der Waals surface area contributed by atoms with E-state index in [0.29, 0.717) is 11.7 Å². The molecule has 0 spiro atoms. The van der Waals surface area contributed by atoms with Crippen molar-refractivity contribution in [1.29, 1.82) is 0 Å². The molecule has 1 aliphatic carbocycles. The third-order valence-corrected chi connectivity index (χ3v) is 6.54. The van der Waals surface area contributed by atoms with Gasteiger partial charge in [-0.25, -0.2) is 0 Å². The van der Waals surface area contributed by atoms with E-state index in [4.69, 9.17) is 0 Å². The monoisotopic (exact) mass is 330 g/mol. The van der Waals surface area contributed by atoms with Gasteiger partial charge in [-0.2, -0.15) is 0 Å². The van der Waals surface area contributed by atoms with E-state index >= 15 is 0 Å². The maximum Gasteiger partial charge on any atom is 0.115 e. The van der Waals surface area contributed by atoms with Gasteiger partial charge in [-0.15, -0.1) is 0 Å².